The SMILES string of the molecule is CC(O)(CS(=O)(=O)C1=CCC(F)(C#N)C=C1)C(=O)Nc1cccc(C(F)(F)F)c1. The van der Waals surface area contributed by atoms with Gasteiger partial charge in [0.15, 0.2) is 15.4 Å². The molecular weight excluding hydrogens is 416 g/mol. The van der Waals surface area contributed by atoms with Gasteiger partial charge in [-0.1, -0.05) is 12.1 Å². The molecule has 1 aliphatic carbocycles. The highest BCUT2D eigenvalue weighted by Crippen LogP contribution is 2.31. The standard InChI is InChI=1S/C18H16F4N2O4S/c1-16(26,11-29(27,28)14-5-7-17(19,10-23)8-6-14)15(25)24-13-4-2-3-12(9-13)18(20,21)22/h2-7,9,26H,8,11H2,1H3,(H,24,25). The number of carbonyl (C=O) groups excluding carboxylic acids is 1. The van der Waals surface area contributed by atoms with E-state index in [4.69, 9.17) is 5.26 Å². The van der Waals surface area contributed by atoms with Crippen LogP contribution in [0.1, 0.15) is 18.9 Å². The van der Waals surface area contributed by atoms with Crippen molar-refractivity contribution in [1.29, 1.82) is 5.26 Å². The van der Waals surface area contributed by atoms with Gasteiger partial charge in [-0.3, -0.25) is 4.79 Å². The van der Waals surface area contributed by atoms with Gasteiger partial charge in [0.2, 0.25) is 5.67 Å². The number of amides is 1. The van der Waals surface area contributed by atoms with E-state index in [2.05, 4.69) is 0 Å². The molecule has 1 aromatic rings. The molecule has 2 unspecified atom stereocenters. The summed E-state index contributed by atoms with van der Waals surface area (Å²) in [5, 5.41) is 21.0. The second-order valence-electron chi connectivity index (χ2n) is 6.68. The minimum atomic E-state index is -4.65. The van der Waals surface area contributed by atoms with Crippen LogP contribution in [0.5, 0.6) is 0 Å². The van der Waals surface area contributed by atoms with Gasteiger partial charge in [-0.25, -0.2) is 12.8 Å². The van der Waals surface area contributed by atoms with Crippen molar-refractivity contribution >= 4 is 21.4 Å². The Kier molecular flexibility index (Phi) is 5.92. The monoisotopic (exact) mass is 432 g/mol. The first-order chi connectivity index (χ1) is 13.2. The zero-order valence-electron chi connectivity index (χ0n) is 15.0. The Morgan fingerprint density at radius 2 is 2.03 bits per heavy atom. The maximum atomic E-state index is 13.8. The first-order valence-electron chi connectivity index (χ1n) is 8.12. The number of halogens is 4. The molecule has 1 amide bonds. The predicted octanol–water partition coefficient (Wildman–Crippen LogP) is 2.89. The Balaban J connectivity index is 2.16. The molecule has 0 saturated carbocycles. The van der Waals surface area contributed by atoms with Gasteiger partial charge in [-0.15, -0.1) is 0 Å². The van der Waals surface area contributed by atoms with E-state index in [1.165, 1.54) is 6.07 Å². The van der Waals surface area contributed by atoms with Crippen molar-refractivity contribution in [2.24, 2.45) is 0 Å². The zero-order valence-corrected chi connectivity index (χ0v) is 15.8. The fourth-order valence-corrected chi connectivity index (χ4v) is 4.12. The van der Waals surface area contributed by atoms with Crippen LogP contribution in [0.15, 0.2) is 47.4 Å². The molecule has 2 atom stereocenters. The number of nitrogens with zero attached hydrogens (tertiary/aromatic N) is 1. The maximum Gasteiger partial charge on any atom is 0.416 e. The van der Waals surface area contributed by atoms with E-state index in [1.807, 2.05) is 5.32 Å². The van der Waals surface area contributed by atoms with E-state index in [1.54, 1.807) is 0 Å². The van der Waals surface area contributed by atoms with Crippen LogP contribution < -0.4 is 5.32 Å². The number of sulfone groups is 1. The van der Waals surface area contributed by atoms with E-state index in [9.17, 15) is 35.9 Å². The van der Waals surface area contributed by atoms with Gasteiger partial charge >= 0.3 is 6.18 Å². The molecule has 0 bridgehead atoms. The quantitative estimate of drug-likeness (QED) is 0.696. The molecule has 2 N–H and O–H groups in total. The maximum absolute atomic E-state index is 13.8. The van der Waals surface area contributed by atoms with E-state index in [-0.39, 0.29) is 10.6 Å². The van der Waals surface area contributed by atoms with E-state index in [0.717, 1.165) is 43.4 Å². The summed E-state index contributed by atoms with van der Waals surface area (Å²) in [6.07, 6.45) is -2.59. The fourth-order valence-electron chi connectivity index (χ4n) is 2.47. The second kappa shape index (κ2) is 7.61. The molecule has 2 rings (SSSR count). The minimum absolute atomic E-state index is 0.282. The van der Waals surface area contributed by atoms with Gasteiger partial charge in [-0.2, -0.15) is 18.4 Å². The smallest absolute Gasteiger partial charge is 0.379 e. The number of hydrogen-bond donors (Lipinski definition) is 2. The highest BCUT2D eigenvalue weighted by atomic mass is 32.2. The van der Waals surface area contributed by atoms with Crippen LogP contribution in [0.25, 0.3) is 0 Å². The lowest BCUT2D eigenvalue weighted by molar-refractivity contribution is -0.137. The van der Waals surface area contributed by atoms with Crippen LogP contribution in [0.4, 0.5) is 23.2 Å². The number of carbonyl (C=O) groups is 1. The Morgan fingerprint density at radius 1 is 1.38 bits per heavy atom. The molecule has 0 fully saturated rings. The van der Waals surface area contributed by atoms with Gasteiger partial charge < -0.3 is 10.4 Å². The Morgan fingerprint density at radius 3 is 2.55 bits per heavy atom. The van der Waals surface area contributed by atoms with Crippen LogP contribution >= 0.6 is 0 Å². The van der Waals surface area contributed by atoms with Gasteiger partial charge in [0.25, 0.3) is 5.91 Å². The number of anilines is 1. The van der Waals surface area contributed by atoms with Crippen LogP contribution in [0, 0.1) is 11.3 Å². The molecule has 0 spiro atoms. The number of nitriles is 1. The van der Waals surface area contributed by atoms with E-state index >= 15 is 0 Å². The van der Waals surface area contributed by atoms with E-state index < -0.39 is 50.9 Å². The lowest BCUT2D eigenvalue weighted by Crippen LogP contribution is -2.46. The van der Waals surface area contributed by atoms with Gasteiger partial charge in [0.05, 0.1) is 16.2 Å². The number of hydrogen-bond acceptors (Lipinski definition) is 5. The molecule has 11 heteroatoms. The molecule has 0 radical (unpaired) electrons. The normalized spacial score (nSPS) is 21.6. The Labute approximate surface area is 164 Å². The summed E-state index contributed by atoms with van der Waals surface area (Å²) in [7, 11) is -4.26. The highest BCUT2D eigenvalue weighted by molar-refractivity contribution is 7.95. The average Bonchev–Trinajstić information content (AvgIpc) is 2.60. The van der Waals surface area contributed by atoms with Crippen molar-refractivity contribution in [2.75, 3.05) is 11.1 Å². The third kappa shape index (κ3) is 5.42. The third-order valence-electron chi connectivity index (χ3n) is 4.07. The highest BCUT2D eigenvalue weighted by Gasteiger charge is 2.39. The summed E-state index contributed by atoms with van der Waals surface area (Å²) in [4.78, 5) is 11.9. The molecule has 156 valence electrons. The molecule has 1 aliphatic rings. The number of nitrogens with one attached hydrogen (secondary N) is 1. The Bertz CT molecular complexity index is 1020. The first-order valence-corrected chi connectivity index (χ1v) is 9.77. The summed E-state index contributed by atoms with van der Waals surface area (Å²) in [5.74, 6) is -2.34. The van der Waals surface area contributed by atoms with Crippen LogP contribution in [0.3, 0.4) is 0 Å². The topological polar surface area (TPSA) is 107 Å². The van der Waals surface area contributed by atoms with E-state index in [0.29, 0.717) is 6.07 Å². The van der Waals surface area contributed by atoms with Crippen molar-refractivity contribution < 1.29 is 35.9 Å². The minimum Gasteiger partial charge on any atom is -0.379 e. The zero-order chi connectivity index (χ0) is 22.1. The largest absolute Gasteiger partial charge is 0.416 e. The number of alkyl halides is 4. The Hall–Kier alpha value is -2.71. The number of allylic oxidation sites excluding steroid dienone is 3. The fraction of sp³-hybridized carbons (Fsp3) is 0.333. The molecule has 0 heterocycles. The summed E-state index contributed by atoms with van der Waals surface area (Å²) >= 11 is 0. The molecule has 0 aliphatic heterocycles. The number of aliphatic hydroxyl groups is 1. The van der Waals surface area contributed by atoms with Crippen molar-refractivity contribution in [3.63, 3.8) is 0 Å². The van der Waals surface area contributed by atoms with Crippen molar-refractivity contribution in [2.45, 2.75) is 30.8 Å². The van der Waals surface area contributed by atoms with Gasteiger partial charge in [0.1, 0.15) is 6.07 Å². The molecule has 1 aromatic carbocycles. The average molecular weight is 432 g/mol. The second-order valence-corrected chi connectivity index (χ2v) is 8.67. The summed E-state index contributed by atoms with van der Waals surface area (Å²) in [5.41, 5.74) is -6.16. The molecule has 0 aromatic heterocycles. The molecule has 6 nitrogen and oxygen atoms in total. The van der Waals surface area contributed by atoms with Gasteiger partial charge in [-0.05, 0) is 37.3 Å². The number of benzene rings is 1. The molecule has 0 saturated heterocycles. The first kappa shape index (κ1) is 22.6. The number of rotatable bonds is 5. The predicted molar refractivity (Wildman–Crippen MR) is 95.8 cm³/mol. The third-order valence-corrected chi connectivity index (χ3v) is 6.03. The van der Waals surface area contributed by atoms with Gasteiger partial charge in [0, 0.05) is 12.1 Å². The van der Waals surface area contributed by atoms with Crippen molar-refractivity contribution in [3.05, 3.63) is 53.0 Å². The lowest BCUT2D eigenvalue weighted by atomic mass is 9.99. The van der Waals surface area contributed by atoms with Crippen LogP contribution in [-0.2, 0) is 20.8 Å². The summed E-state index contributed by atoms with van der Waals surface area (Å²) in [6, 6.07) is 4.98. The molecular formula is C18H16F4N2O4S. The molecule has 29 heavy (non-hydrogen) atoms. The van der Waals surface area contributed by atoms with Crippen LogP contribution in [-0.4, -0.2) is 36.5 Å². The summed E-state index contributed by atoms with van der Waals surface area (Å²) < 4.78 is 76.9. The van der Waals surface area contributed by atoms with Crippen LogP contribution in [0.2, 0.25) is 0 Å². The lowest BCUT2D eigenvalue weighted by Gasteiger charge is -2.24. The van der Waals surface area contributed by atoms with Crippen molar-refractivity contribution in [3.8, 4) is 6.07 Å². The summed E-state index contributed by atoms with van der Waals surface area (Å²) in [6.45, 7) is 0.884. The van der Waals surface area contributed by atoms with Crippen molar-refractivity contribution in [1.82, 2.24) is 0 Å².